The van der Waals surface area contributed by atoms with E-state index in [4.69, 9.17) is 24.4 Å². The molecule has 1 aromatic heterocycles. The smallest absolute Gasteiger partial charge is 0.387 e. The number of nitrogens with zero attached hydrogens (tertiary/aromatic N) is 2. The fourth-order valence-electron chi connectivity index (χ4n) is 4.29. The molecule has 0 spiro atoms. The van der Waals surface area contributed by atoms with E-state index in [1.54, 1.807) is 0 Å². The first-order valence-electron chi connectivity index (χ1n) is 13.1. The van der Waals surface area contributed by atoms with Gasteiger partial charge in [0.15, 0.2) is 23.0 Å². The number of oxazole rings is 1. The average Bonchev–Trinajstić information content (AvgIpc) is 3.41. The third-order valence-corrected chi connectivity index (χ3v) is 6.77. The monoisotopic (exact) mass is 551 g/mol. The van der Waals surface area contributed by atoms with Crippen molar-refractivity contribution in [2.24, 2.45) is 17.6 Å². The number of hydrogen-bond acceptors (Lipinski definition) is 9. The molecule has 1 aliphatic carbocycles. The zero-order valence-electron chi connectivity index (χ0n) is 22.4. The van der Waals surface area contributed by atoms with Crippen LogP contribution in [0.5, 0.6) is 11.5 Å². The van der Waals surface area contributed by atoms with E-state index in [0.29, 0.717) is 37.5 Å². The number of likely N-dealkylation sites (tertiary alicyclic amines) is 1. The summed E-state index contributed by atoms with van der Waals surface area (Å²) < 4.78 is 52.5. The second kappa shape index (κ2) is 12.7. The van der Waals surface area contributed by atoms with E-state index in [2.05, 4.69) is 9.72 Å². The SMILES string of the molecule is COCCOC(=O)[C@@H]1CCCN1C(=O)c1nc(-c2ccc(OC(F)F)c(OCC3CC3)c2)oc1[C@@H](N)C(C)C. The van der Waals surface area contributed by atoms with Gasteiger partial charge in [-0.2, -0.15) is 8.78 Å². The van der Waals surface area contributed by atoms with Gasteiger partial charge in [-0.3, -0.25) is 4.79 Å². The van der Waals surface area contributed by atoms with Crippen molar-refractivity contribution in [3.63, 3.8) is 0 Å². The molecule has 214 valence electrons. The number of esters is 1. The third kappa shape index (κ3) is 7.04. The van der Waals surface area contributed by atoms with Crippen LogP contribution in [0.25, 0.3) is 11.5 Å². The number of carbonyl (C=O) groups excluding carboxylic acids is 2. The summed E-state index contributed by atoms with van der Waals surface area (Å²) in [4.78, 5) is 32.3. The lowest BCUT2D eigenvalue weighted by atomic mass is 10.0. The molecular formula is C27H35F2N3O7. The molecule has 0 bridgehead atoms. The Bertz CT molecular complexity index is 1150. The molecule has 39 heavy (non-hydrogen) atoms. The highest BCUT2D eigenvalue weighted by Crippen LogP contribution is 2.38. The van der Waals surface area contributed by atoms with Gasteiger partial charge in [0.05, 0.1) is 19.3 Å². The van der Waals surface area contributed by atoms with Crippen molar-refractivity contribution in [1.82, 2.24) is 9.88 Å². The Morgan fingerprint density at radius 2 is 1.95 bits per heavy atom. The zero-order chi connectivity index (χ0) is 28.1. The maximum Gasteiger partial charge on any atom is 0.387 e. The summed E-state index contributed by atoms with van der Waals surface area (Å²) in [5, 5.41) is 0. The summed E-state index contributed by atoms with van der Waals surface area (Å²) in [7, 11) is 1.50. The molecule has 10 nitrogen and oxygen atoms in total. The summed E-state index contributed by atoms with van der Waals surface area (Å²) in [6.07, 6.45) is 3.12. The lowest BCUT2D eigenvalue weighted by Gasteiger charge is -2.23. The van der Waals surface area contributed by atoms with E-state index in [0.717, 1.165) is 12.8 Å². The van der Waals surface area contributed by atoms with Gasteiger partial charge in [0, 0.05) is 19.2 Å². The third-order valence-electron chi connectivity index (χ3n) is 6.77. The van der Waals surface area contributed by atoms with Gasteiger partial charge >= 0.3 is 12.6 Å². The van der Waals surface area contributed by atoms with Crippen LogP contribution in [-0.2, 0) is 14.3 Å². The highest BCUT2D eigenvalue weighted by molar-refractivity contribution is 5.97. The molecule has 2 aromatic rings. The quantitative estimate of drug-likeness (QED) is 0.288. The molecule has 1 saturated heterocycles. The number of carbonyl (C=O) groups is 2. The maximum absolute atomic E-state index is 13.7. The number of hydrogen-bond donors (Lipinski definition) is 1. The standard InChI is InChI=1S/C27H35F2N3O7/c1-15(2)21(30)23-22(25(33)32-10-4-5-18(32)26(34)36-12-11-35-3)31-24(39-23)17-8-9-19(38-27(28)29)20(13-17)37-14-16-6-7-16/h8-9,13,15-16,18,21,27H,4-7,10-12,14,30H2,1-3H3/t18-,21-/m0/s1. The molecule has 12 heteroatoms. The fourth-order valence-corrected chi connectivity index (χ4v) is 4.29. The number of alkyl halides is 2. The van der Waals surface area contributed by atoms with Crippen LogP contribution < -0.4 is 15.2 Å². The number of nitrogens with two attached hydrogens (primary N) is 1. The molecule has 0 unspecified atom stereocenters. The topological polar surface area (TPSA) is 126 Å². The minimum absolute atomic E-state index is 0.00357. The molecule has 1 aliphatic heterocycles. The first-order valence-corrected chi connectivity index (χ1v) is 13.1. The molecule has 4 rings (SSSR count). The van der Waals surface area contributed by atoms with Crippen LogP contribution in [0.2, 0.25) is 0 Å². The molecule has 1 amide bonds. The van der Waals surface area contributed by atoms with Crippen molar-refractivity contribution >= 4 is 11.9 Å². The molecule has 1 aromatic carbocycles. The Balaban J connectivity index is 1.65. The maximum atomic E-state index is 13.7. The molecule has 2 heterocycles. The lowest BCUT2D eigenvalue weighted by molar-refractivity contribution is -0.149. The van der Waals surface area contributed by atoms with Crippen LogP contribution in [0, 0.1) is 11.8 Å². The minimum Gasteiger partial charge on any atom is -0.489 e. The number of methoxy groups -OCH3 is 1. The van der Waals surface area contributed by atoms with Crippen molar-refractivity contribution < 1.29 is 41.7 Å². The Kier molecular flexibility index (Phi) is 9.39. The van der Waals surface area contributed by atoms with Gasteiger partial charge in [0.25, 0.3) is 5.91 Å². The van der Waals surface area contributed by atoms with E-state index in [-0.39, 0.29) is 48.0 Å². The van der Waals surface area contributed by atoms with Gasteiger partial charge in [-0.05, 0) is 55.7 Å². The largest absolute Gasteiger partial charge is 0.489 e. The van der Waals surface area contributed by atoms with Gasteiger partial charge in [0.2, 0.25) is 5.89 Å². The van der Waals surface area contributed by atoms with Gasteiger partial charge < -0.3 is 34.0 Å². The number of halogens is 2. The van der Waals surface area contributed by atoms with E-state index in [1.165, 1.54) is 30.2 Å². The summed E-state index contributed by atoms with van der Waals surface area (Å²) >= 11 is 0. The van der Waals surface area contributed by atoms with Crippen LogP contribution in [0.15, 0.2) is 22.6 Å². The average molecular weight is 552 g/mol. The number of benzene rings is 1. The normalized spacial score (nSPS) is 18.1. The predicted octanol–water partition coefficient (Wildman–Crippen LogP) is 4.18. The Morgan fingerprint density at radius 1 is 1.18 bits per heavy atom. The Labute approximate surface area is 225 Å². The number of rotatable bonds is 13. The summed E-state index contributed by atoms with van der Waals surface area (Å²) in [5.74, 6) is -0.454. The fraction of sp³-hybridized carbons (Fsp3) is 0.593. The first kappa shape index (κ1) is 28.8. The van der Waals surface area contributed by atoms with Crippen molar-refractivity contribution in [3.05, 3.63) is 29.7 Å². The number of aromatic nitrogens is 1. The highest BCUT2D eigenvalue weighted by Gasteiger charge is 2.39. The Hall–Kier alpha value is -3.25. The molecule has 0 radical (unpaired) electrons. The summed E-state index contributed by atoms with van der Waals surface area (Å²) in [6.45, 7) is 1.80. The van der Waals surface area contributed by atoms with Crippen molar-refractivity contribution in [2.45, 2.75) is 58.2 Å². The predicted molar refractivity (Wildman–Crippen MR) is 135 cm³/mol. The molecule has 2 aliphatic rings. The van der Waals surface area contributed by atoms with E-state index in [1.807, 2.05) is 13.8 Å². The molecule has 2 fully saturated rings. The van der Waals surface area contributed by atoms with Crippen LogP contribution in [0.3, 0.4) is 0 Å². The molecule has 1 saturated carbocycles. The van der Waals surface area contributed by atoms with Crippen LogP contribution in [0.4, 0.5) is 8.78 Å². The zero-order valence-corrected chi connectivity index (χ0v) is 22.4. The van der Waals surface area contributed by atoms with Crippen LogP contribution >= 0.6 is 0 Å². The van der Waals surface area contributed by atoms with Crippen LogP contribution in [0.1, 0.15) is 61.8 Å². The lowest BCUT2D eigenvalue weighted by Crippen LogP contribution is -2.42. The Morgan fingerprint density at radius 3 is 2.62 bits per heavy atom. The van der Waals surface area contributed by atoms with Gasteiger partial charge in [-0.15, -0.1) is 0 Å². The summed E-state index contributed by atoms with van der Waals surface area (Å²) in [6, 6.07) is 2.93. The molecule has 2 atom stereocenters. The van der Waals surface area contributed by atoms with E-state index < -0.39 is 30.6 Å². The van der Waals surface area contributed by atoms with Gasteiger partial charge in [-0.25, -0.2) is 9.78 Å². The van der Waals surface area contributed by atoms with Gasteiger partial charge in [-0.1, -0.05) is 13.8 Å². The van der Waals surface area contributed by atoms with Crippen molar-refractivity contribution in [1.29, 1.82) is 0 Å². The second-order valence-corrected chi connectivity index (χ2v) is 10.1. The van der Waals surface area contributed by atoms with E-state index in [9.17, 15) is 18.4 Å². The second-order valence-electron chi connectivity index (χ2n) is 10.1. The minimum atomic E-state index is -3.02. The highest BCUT2D eigenvalue weighted by atomic mass is 19.3. The summed E-state index contributed by atoms with van der Waals surface area (Å²) in [5.41, 5.74) is 6.80. The molecular weight excluding hydrogens is 516 g/mol. The number of amides is 1. The van der Waals surface area contributed by atoms with Gasteiger partial charge in [0.1, 0.15) is 12.6 Å². The molecule has 2 N–H and O–H groups in total. The van der Waals surface area contributed by atoms with Crippen molar-refractivity contribution in [3.8, 4) is 23.0 Å². The number of ether oxygens (including phenoxy) is 4. The van der Waals surface area contributed by atoms with E-state index >= 15 is 0 Å². The van der Waals surface area contributed by atoms with Crippen LogP contribution in [-0.4, -0.2) is 67.9 Å². The first-order chi connectivity index (χ1) is 18.7. The van der Waals surface area contributed by atoms with Crippen molar-refractivity contribution in [2.75, 3.05) is 33.5 Å².